The molecular weight excluding hydrogens is 324 g/mol. The summed E-state index contributed by atoms with van der Waals surface area (Å²) in [6.07, 6.45) is 5.14. The minimum Gasteiger partial charge on any atom is -0.351 e. The number of aryl methyl sites for hydroxylation is 1. The fraction of sp³-hybridized carbons (Fsp3) is 0.417. The number of hydrogen-bond acceptors (Lipinski definition) is 5. The van der Waals surface area contributed by atoms with Crippen molar-refractivity contribution >= 4 is 27.3 Å². The molecular formula is C12H17BrN6O. The van der Waals surface area contributed by atoms with Crippen LogP contribution in [-0.2, 0) is 13.6 Å². The molecule has 0 aliphatic carbocycles. The van der Waals surface area contributed by atoms with E-state index in [9.17, 15) is 4.79 Å². The Balaban J connectivity index is 2.20. The molecule has 108 valence electrons. The number of hydrogen-bond donors (Lipinski definition) is 1. The minimum atomic E-state index is -0.152. The van der Waals surface area contributed by atoms with Crippen molar-refractivity contribution in [1.82, 2.24) is 24.5 Å². The molecule has 7 nitrogen and oxygen atoms in total. The van der Waals surface area contributed by atoms with E-state index < -0.39 is 0 Å². The van der Waals surface area contributed by atoms with Gasteiger partial charge in [0.1, 0.15) is 4.47 Å². The number of likely N-dealkylation sites (N-methyl/N-ethyl adjacent to an activating group) is 1. The van der Waals surface area contributed by atoms with Crippen molar-refractivity contribution in [1.29, 1.82) is 0 Å². The number of anilines is 2. The molecule has 0 aromatic carbocycles. The van der Waals surface area contributed by atoms with Gasteiger partial charge in [-0.25, -0.2) is 4.68 Å². The van der Waals surface area contributed by atoms with Gasteiger partial charge in [0, 0.05) is 19.8 Å². The molecule has 2 rings (SSSR count). The van der Waals surface area contributed by atoms with Gasteiger partial charge in [-0.3, -0.25) is 9.48 Å². The summed E-state index contributed by atoms with van der Waals surface area (Å²) in [6, 6.07) is 0. The Kier molecular flexibility index (Phi) is 4.56. The molecule has 0 saturated carbocycles. The van der Waals surface area contributed by atoms with Crippen molar-refractivity contribution in [3.63, 3.8) is 0 Å². The van der Waals surface area contributed by atoms with Gasteiger partial charge in [0.25, 0.3) is 5.56 Å². The van der Waals surface area contributed by atoms with Crippen LogP contribution in [0.4, 0.5) is 11.4 Å². The van der Waals surface area contributed by atoms with Gasteiger partial charge < -0.3 is 10.2 Å². The second kappa shape index (κ2) is 6.19. The number of aromatic nitrogens is 4. The summed E-state index contributed by atoms with van der Waals surface area (Å²) < 4.78 is 3.59. The van der Waals surface area contributed by atoms with Crippen LogP contribution in [0, 0.1) is 0 Å². The van der Waals surface area contributed by atoms with Gasteiger partial charge in [-0.2, -0.15) is 10.2 Å². The predicted molar refractivity (Wildman–Crippen MR) is 81.2 cm³/mol. The van der Waals surface area contributed by atoms with Gasteiger partial charge in [0.05, 0.1) is 30.3 Å². The van der Waals surface area contributed by atoms with E-state index in [2.05, 4.69) is 31.4 Å². The van der Waals surface area contributed by atoms with E-state index in [1.807, 2.05) is 32.2 Å². The van der Waals surface area contributed by atoms with Gasteiger partial charge in [-0.05, 0) is 30.0 Å². The highest BCUT2D eigenvalue weighted by atomic mass is 79.9. The summed E-state index contributed by atoms with van der Waals surface area (Å²) in [6.45, 7) is 1.31. The largest absolute Gasteiger partial charge is 0.351 e. The number of nitrogens with one attached hydrogen (secondary N) is 1. The lowest BCUT2D eigenvalue weighted by Crippen LogP contribution is -2.29. The van der Waals surface area contributed by atoms with Crippen LogP contribution in [-0.4, -0.2) is 45.1 Å². The van der Waals surface area contributed by atoms with Crippen molar-refractivity contribution in [3.8, 4) is 0 Å². The molecule has 0 amide bonds. The van der Waals surface area contributed by atoms with Gasteiger partial charge in [0.15, 0.2) is 0 Å². The Labute approximate surface area is 125 Å². The third kappa shape index (κ3) is 3.45. The van der Waals surface area contributed by atoms with E-state index in [-0.39, 0.29) is 5.56 Å². The maximum Gasteiger partial charge on any atom is 0.283 e. The Morgan fingerprint density at radius 1 is 1.35 bits per heavy atom. The summed E-state index contributed by atoms with van der Waals surface area (Å²) in [4.78, 5) is 14.2. The van der Waals surface area contributed by atoms with E-state index in [0.29, 0.717) is 16.7 Å². The summed E-state index contributed by atoms with van der Waals surface area (Å²) in [7, 11) is 5.74. The molecule has 0 spiro atoms. The lowest BCUT2D eigenvalue weighted by Gasteiger charge is -2.12. The third-order valence-corrected chi connectivity index (χ3v) is 3.49. The third-order valence-electron chi connectivity index (χ3n) is 2.73. The first-order valence-corrected chi connectivity index (χ1v) is 6.92. The maximum absolute atomic E-state index is 12.2. The number of halogens is 1. The fourth-order valence-electron chi connectivity index (χ4n) is 1.65. The first kappa shape index (κ1) is 14.7. The first-order chi connectivity index (χ1) is 9.47. The number of rotatable bonds is 5. The smallest absolute Gasteiger partial charge is 0.283 e. The van der Waals surface area contributed by atoms with Gasteiger partial charge >= 0.3 is 0 Å². The van der Waals surface area contributed by atoms with Gasteiger partial charge in [0.2, 0.25) is 0 Å². The zero-order chi connectivity index (χ0) is 14.7. The molecule has 0 aliphatic heterocycles. The van der Waals surface area contributed by atoms with Gasteiger partial charge in [-0.1, -0.05) is 0 Å². The molecule has 0 atom stereocenters. The molecule has 0 bridgehead atoms. The van der Waals surface area contributed by atoms with Crippen LogP contribution in [0.2, 0.25) is 0 Å². The Morgan fingerprint density at radius 3 is 2.70 bits per heavy atom. The quantitative estimate of drug-likeness (QED) is 0.880. The summed E-state index contributed by atoms with van der Waals surface area (Å²) in [5, 5.41) is 11.3. The topological polar surface area (TPSA) is 68.0 Å². The molecule has 0 fully saturated rings. The molecule has 20 heavy (non-hydrogen) atoms. The van der Waals surface area contributed by atoms with Crippen LogP contribution in [0.15, 0.2) is 27.9 Å². The molecule has 8 heteroatoms. The standard InChI is InChI=1S/C12H17BrN6O/c1-17(2)4-5-19-12(20)11(13)10(7-15-19)16-9-6-14-18(3)8-9/h6-8,16H,4-5H2,1-3H3. The lowest BCUT2D eigenvalue weighted by atomic mass is 10.4. The van der Waals surface area contributed by atoms with Crippen molar-refractivity contribution in [2.24, 2.45) is 7.05 Å². The van der Waals surface area contributed by atoms with Gasteiger partial charge in [-0.15, -0.1) is 0 Å². The van der Waals surface area contributed by atoms with Crippen LogP contribution >= 0.6 is 15.9 Å². The second-order valence-corrected chi connectivity index (χ2v) is 5.52. The Hall–Kier alpha value is -1.67. The summed E-state index contributed by atoms with van der Waals surface area (Å²) in [5.74, 6) is 0. The van der Waals surface area contributed by atoms with Crippen molar-refractivity contribution in [3.05, 3.63) is 33.4 Å². The van der Waals surface area contributed by atoms with E-state index in [1.165, 1.54) is 4.68 Å². The van der Waals surface area contributed by atoms with Crippen LogP contribution in [0.1, 0.15) is 0 Å². The Morgan fingerprint density at radius 2 is 2.10 bits per heavy atom. The van der Waals surface area contributed by atoms with Crippen LogP contribution in [0.25, 0.3) is 0 Å². The van der Waals surface area contributed by atoms with Crippen molar-refractivity contribution < 1.29 is 0 Å². The SMILES string of the molecule is CN(C)CCn1ncc(Nc2cnn(C)c2)c(Br)c1=O. The van der Waals surface area contributed by atoms with Crippen LogP contribution < -0.4 is 10.9 Å². The highest BCUT2D eigenvalue weighted by Gasteiger charge is 2.09. The molecule has 2 aromatic rings. The summed E-state index contributed by atoms with van der Waals surface area (Å²) in [5.41, 5.74) is 1.28. The van der Waals surface area contributed by atoms with E-state index in [0.717, 1.165) is 12.2 Å². The molecule has 2 aromatic heterocycles. The van der Waals surface area contributed by atoms with Crippen molar-refractivity contribution in [2.75, 3.05) is 26.0 Å². The lowest BCUT2D eigenvalue weighted by molar-refractivity contribution is 0.367. The number of nitrogens with zero attached hydrogens (tertiary/aromatic N) is 5. The molecule has 0 radical (unpaired) electrons. The first-order valence-electron chi connectivity index (χ1n) is 6.13. The van der Waals surface area contributed by atoms with Crippen molar-refractivity contribution in [2.45, 2.75) is 6.54 Å². The molecule has 0 unspecified atom stereocenters. The molecule has 0 saturated heterocycles. The minimum absolute atomic E-state index is 0.152. The molecule has 1 N–H and O–H groups in total. The van der Waals surface area contributed by atoms with E-state index in [4.69, 9.17) is 0 Å². The highest BCUT2D eigenvalue weighted by molar-refractivity contribution is 9.10. The van der Waals surface area contributed by atoms with E-state index >= 15 is 0 Å². The zero-order valence-electron chi connectivity index (χ0n) is 11.7. The summed E-state index contributed by atoms with van der Waals surface area (Å²) >= 11 is 3.33. The fourth-order valence-corrected chi connectivity index (χ4v) is 2.05. The molecule has 0 aliphatic rings. The average Bonchev–Trinajstić information content (AvgIpc) is 2.79. The normalized spacial score (nSPS) is 11.1. The van der Waals surface area contributed by atoms with Crippen LogP contribution in [0.3, 0.4) is 0 Å². The highest BCUT2D eigenvalue weighted by Crippen LogP contribution is 2.20. The molecule has 2 heterocycles. The van der Waals surface area contributed by atoms with E-state index in [1.54, 1.807) is 17.1 Å². The maximum atomic E-state index is 12.2. The second-order valence-electron chi connectivity index (χ2n) is 4.73. The monoisotopic (exact) mass is 340 g/mol. The zero-order valence-corrected chi connectivity index (χ0v) is 13.3. The van der Waals surface area contributed by atoms with Crippen LogP contribution in [0.5, 0.6) is 0 Å². The average molecular weight is 341 g/mol. The Bertz CT molecular complexity index is 648. The predicted octanol–water partition coefficient (Wildman–Crippen LogP) is 1.04.